The number of nitrogens with one attached hydrogen (secondary N) is 2. The molecule has 0 saturated heterocycles. The second-order valence-corrected chi connectivity index (χ2v) is 7.26. The number of guanidine groups is 1. The molecule has 1 unspecified atom stereocenters. The maximum atomic E-state index is 11.5. The van der Waals surface area contributed by atoms with E-state index in [1.807, 2.05) is 36.6 Å². The number of methoxy groups -OCH3 is 1. The molecule has 0 aliphatic carbocycles. The highest BCUT2D eigenvalue weighted by molar-refractivity contribution is 14.0. The number of carbonyl (C=O) groups excluding carboxylic acids is 1. The standard InChI is InChI=1S/C20H27N3O3S.HI/c1-4-21-19(23-14-20(2,25)17-6-5-13-27-17)22-12-11-15-7-9-16(10-8-15)18(24)26-3;/h5-10,13,25H,4,11-12,14H2,1-3H3,(H2,21,22,23);1H. The quantitative estimate of drug-likeness (QED) is 0.217. The highest BCUT2D eigenvalue weighted by Gasteiger charge is 2.23. The van der Waals surface area contributed by atoms with Gasteiger partial charge in [-0.1, -0.05) is 18.2 Å². The van der Waals surface area contributed by atoms with Gasteiger partial charge in [0.15, 0.2) is 5.96 Å². The molecule has 0 saturated carbocycles. The van der Waals surface area contributed by atoms with Crippen LogP contribution in [0.5, 0.6) is 0 Å². The van der Waals surface area contributed by atoms with Gasteiger partial charge in [-0.15, -0.1) is 35.3 Å². The summed E-state index contributed by atoms with van der Waals surface area (Å²) in [5, 5.41) is 19.0. The fourth-order valence-corrected chi connectivity index (χ4v) is 3.27. The summed E-state index contributed by atoms with van der Waals surface area (Å²) in [7, 11) is 1.37. The van der Waals surface area contributed by atoms with Crippen molar-refractivity contribution in [3.63, 3.8) is 0 Å². The van der Waals surface area contributed by atoms with Gasteiger partial charge in [0.25, 0.3) is 0 Å². The van der Waals surface area contributed by atoms with Crippen LogP contribution < -0.4 is 10.6 Å². The van der Waals surface area contributed by atoms with Gasteiger partial charge in [-0.05, 0) is 49.4 Å². The van der Waals surface area contributed by atoms with Crippen LogP contribution in [0.4, 0.5) is 0 Å². The van der Waals surface area contributed by atoms with E-state index in [2.05, 4.69) is 15.6 Å². The molecule has 6 nitrogen and oxygen atoms in total. The molecule has 1 aromatic carbocycles. The van der Waals surface area contributed by atoms with Gasteiger partial charge in [-0.25, -0.2) is 9.79 Å². The van der Waals surface area contributed by atoms with E-state index in [-0.39, 0.29) is 36.5 Å². The van der Waals surface area contributed by atoms with Crippen LogP contribution in [-0.4, -0.2) is 43.8 Å². The Kier molecular flexibility index (Phi) is 10.5. The number of hydrogen-bond donors (Lipinski definition) is 3. The number of benzene rings is 1. The van der Waals surface area contributed by atoms with Gasteiger partial charge in [0.2, 0.25) is 0 Å². The summed E-state index contributed by atoms with van der Waals surface area (Å²) in [5.74, 6) is 0.333. The van der Waals surface area contributed by atoms with E-state index in [1.54, 1.807) is 19.1 Å². The topological polar surface area (TPSA) is 83.0 Å². The zero-order valence-electron chi connectivity index (χ0n) is 16.4. The van der Waals surface area contributed by atoms with E-state index in [1.165, 1.54) is 18.4 Å². The van der Waals surface area contributed by atoms with Crippen molar-refractivity contribution in [1.29, 1.82) is 0 Å². The van der Waals surface area contributed by atoms with E-state index in [0.29, 0.717) is 18.1 Å². The average molecular weight is 517 g/mol. The molecule has 2 aromatic rings. The van der Waals surface area contributed by atoms with E-state index >= 15 is 0 Å². The van der Waals surface area contributed by atoms with E-state index in [0.717, 1.165) is 23.4 Å². The number of hydrogen-bond acceptors (Lipinski definition) is 5. The highest BCUT2D eigenvalue weighted by atomic mass is 127. The van der Waals surface area contributed by atoms with Gasteiger partial charge in [0.1, 0.15) is 5.60 Å². The van der Waals surface area contributed by atoms with Crippen molar-refractivity contribution >= 4 is 47.2 Å². The Morgan fingerprint density at radius 2 is 1.96 bits per heavy atom. The zero-order chi connectivity index (χ0) is 19.7. The number of ether oxygens (including phenoxy) is 1. The van der Waals surface area contributed by atoms with Crippen LogP contribution >= 0.6 is 35.3 Å². The predicted molar refractivity (Wildman–Crippen MR) is 125 cm³/mol. The van der Waals surface area contributed by atoms with E-state index in [9.17, 15) is 9.90 Å². The first kappa shape index (κ1) is 24.4. The number of rotatable bonds is 8. The summed E-state index contributed by atoms with van der Waals surface area (Å²) in [6.45, 7) is 5.47. The molecule has 1 aromatic heterocycles. The number of nitrogens with zero attached hydrogens (tertiary/aromatic N) is 1. The molecule has 0 aliphatic heterocycles. The lowest BCUT2D eigenvalue weighted by Gasteiger charge is -2.20. The fourth-order valence-electron chi connectivity index (χ4n) is 2.49. The van der Waals surface area contributed by atoms with Gasteiger partial charge < -0.3 is 20.5 Å². The van der Waals surface area contributed by atoms with Crippen LogP contribution in [0.3, 0.4) is 0 Å². The van der Waals surface area contributed by atoms with Crippen LogP contribution in [0.2, 0.25) is 0 Å². The second-order valence-electron chi connectivity index (χ2n) is 6.31. The van der Waals surface area contributed by atoms with Crippen molar-refractivity contribution in [2.24, 2.45) is 4.99 Å². The Morgan fingerprint density at radius 1 is 1.25 bits per heavy atom. The third-order valence-electron chi connectivity index (χ3n) is 4.02. The van der Waals surface area contributed by atoms with Gasteiger partial charge in [-0.2, -0.15) is 0 Å². The van der Waals surface area contributed by atoms with Crippen molar-refractivity contribution in [2.45, 2.75) is 25.9 Å². The first-order valence-electron chi connectivity index (χ1n) is 8.92. The van der Waals surface area contributed by atoms with Crippen molar-refractivity contribution in [1.82, 2.24) is 10.6 Å². The predicted octanol–water partition coefficient (Wildman–Crippen LogP) is 3.16. The van der Waals surface area contributed by atoms with Crippen LogP contribution in [0.15, 0.2) is 46.8 Å². The number of thiophene rings is 1. The SMILES string of the molecule is CCNC(=NCC(C)(O)c1cccs1)NCCc1ccc(C(=O)OC)cc1.I. The lowest BCUT2D eigenvalue weighted by Crippen LogP contribution is -2.39. The molecule has 0 spiro atoms. The average Bonchev–Trinajstić information content (AvgIpc) is 3.22. The molecule has 0 bridgehead atoms. The van der Waals surface area contributed by atoms with Crippen LogP contribution in [-0.2, 0) is 16.8 Å². The Labute approximate surface area is 187 Å². The molecule has 154 valence electrons. The summed E-state index contributed by atoms with van der Waals surface area (Å²) >= 11 is 1.52. The van der Waals surface area contributed by atoms with E-state index < -0.39 is 5.60 Å². The molecule has 1 atom stereocenters. The Bertz CT molecular complexity index is 747. The van der Waals surface area contributed by atoms with Gasteiger partial charge in [0, 0.05) is 18.0 Å². The first-order valence-corrected chi connectivity index (χ1v) is 9.80. The molecule has 8 heteroatoms. The minimum atomic E-state index is -0.986. The molecule has 2 rings (SSSR count). The number of esters is 1. The third kappa shape index (κ3) is 7.40. The van der Waals surface area contributed by atoms with Crippen molar-refractivity contribution in [2.75, 3.05) is 26.7 Å². The third-order valence-corrected chi connectivity index (χ3v) is 5.15. The Hall–Kier alpha value is -1.65. The normalized spacial score (nSPS) is 13.2. The lowest BCUT2D eigenvalue weighted by atomic mass is 10.1. The number of aliphatic imine (C=N–C) groups is 1. The van der Waals surface area contributed by atoms with Gasteiger partial charge in [-0.3, -0.25) is 0 Å². The van der Waals surface area contributed by atoms with Gasteiger partial charge >= 0.3 is 5.97 Å². The van der Waals surface area contributed by atoms with Crippen LogP contribution in [0.25, 0.3) is 0 Å². The summed E-state index contributed by atoms with van der Waals surface area (Å²) in [4.78, 5) is 16.9. The molecule has 0 amide bonds. The molecular formula is C20H28IN3O3S. The molecule has 0 aliphatic rings. The summed E-state index contributed by atoms with van der Waals surface area (Å²) in [6, 6.07) is 11.2. The molecule has 0 radical (unpaired) electrons. The summed E-state index contributed by atoms with van der Waals surface area (Å²) in [6.07, 6.45) is 0.785. The molecule has 3 N–H and O–H groups in total. The lowest BCUT2D eigenvalue weighted by molar-refractivity contribution is 0.0600. The zero-order valence-corrected chi connectivity index (χ0v) is 19.5. The number of carbonyl (C=O) groups is 1. The molecular weight excluding hydrogens is 489 g/mol. The Morgan fingerprint density at radius 3 is 2.54 bits per heavy atom. The highest BCUT2D eigenvalue weighted by Crippen LogP contribution is 2.25. The molecule has 28 heavy (non-hydrogen) atoms. The fraction of sp³-hybridized carbons (Fsp3) is 0.400. The maximum absolute atomic E-state index is 11.5. The molecule has 1 heterocycles. The largest absolute Gasteiger partial charge is 0.465 e. The van der Waals surface area contributed by atoms with Gasteiger partial charge in [0.05, 0.1) is 19.2 Å². The molecule has 0 fully saturated rings. The Balaban J connectivity index is 0.00000392. The van der Waals surface area contributed by atoms with Crippen LogP contribution in [0.1, 0.15) is 34.6 Å². The first-order chi connectivity index (χ1) is 13.0. The second kappa shape index (κ2) is 12.0. The van der Waals surface area contributed by atoms with Crippen LogP contribution in [0, 0.1) is 0 Å². The van der Waals surface area contributed by atoms with E-state index in [4.69, 9.17) is 4.74 Å². The maximum Gasteiger partial charge on any atom is 0.337 e. The number of halogens is 1. The summed E-state index contributed by atoms with van der Waals surface area (Å²) in [5.41, 5.74) is 0.664. The number of aliphatic hydroxyl groups is 1. The minimum Gasteiger partial charge on any atom is -0.465 e. The smallest absolute Gasteiger partial charge is 0.337 e. The summed E-state index contributed by atoms with van der Waals surface area (Å²) < 4.78 is 4.70. The monoisotopic (exact) mass is 517 g/mol. The van der Waals surface area contributed by atoms with Crippen molar-refractivity contribution < 1.29 is 14.6 Å². The van der Waals surface area contributed by atoms with Crippen molar-refractivity contribution in [3.05, 3.63) is 57.8 Å². The van der Waals surface area contributed by atoms with Crippen molar-refractivity contribution in [3.8, 4) is 0 Å². The minimum absolute atomic E-state index is 0.